The molecule has 0 saturated carbocycles. The van der Waals surface area contributed by atoms with Crippen LogP contribution in [-0.2, 0) is 17.5 Å². The van der Waals surface area contributed by atoms with Crippen molar-refractivity contribution in [3.8, 4) is 5.75 Å². The minimum absolute atomic E-state index is 0.187. The molecule has 1 aliphatic heterocycles. The van der Waals surface area contributed by atoms with E-state index in [-0.39, 0.29) is 5.56 Å². The highest BCUT2D eigenvalue weighted by Gasteiger charge is 2.19. The molecule has 9 heteroatoms. The fourth-order valence-electron chi connectivity index (χ4n) is 5.16. The number of hydrogen-bond donors (Lipinski definition) is 2. The maximum atomic E-state index is 13.3. The number of carboxylic acids is 1. The van der Waals surface area contributed by atoms with Crippen molar-refractivity contribution in [3.05, 3.63) is 90.0 Å². The van der Waals surface area contributed by atoms with Gasteiger partial charge in [0.1, 0.15) is 11.3 Å². The fraction of sp³-hybridized carbons (Fsp3) is 0.361. The van der Waals surface area contributed by atoms with Crippen molar-refractivity contribution in [3.63, 3.8) is 0 Å². The van der Waals surface area contributed by atoms with Crippen LogP contribution in [0.15, 0.2) is 83.8 Å². The third-order valence-electron chi connectivity index (χ3n) is 7.26. The number of fused-ring (bicyclic) bond motifs is 1. The predicted octanol–water partition coefficient (Wildman–Crippen LogP) is 7.51. The van der Waals surface area contributed by atoms with Crippen LogP contribution < -0.4 is 19.3 Å². The van der Waals surface area contributed by atoms with E-state index in [0.717, 1.165) is 64.5 Å². The summed E-state index contributed by atoms with van der Waals surface area (Å²) in [6.45, 7) is 12.4. The Kier molecular flexibility index (Phi) is 13.7. The molecule has 45 heavy (non-hydrogen) atoms. The number of benzene rings is 4. The summed E-state index contributed by atoms with van der Waals surface area (Å²) in [7, 11) is 4.09. The van der Waals surface area contributed by atoms with Gasteiger partial charge >= 0.3 is 5.97 Å². The zero-order chi connectivity index (χ0) is 32.9. The first-order chi connectivity index (χ1) is 21.7. The number of piperazine rings is 1. The molecule has 1 atom stereocenters. The first-order valence-electron chi connectivity index (χ1n) is 15.6. The molecule has 1 aliphatic rings. The Morgan fingerprint density at radius 3 is 2.13 bits per heavy atom. The molecule has 5 rings (SSSR count). The van der Waals surface area contributed by atoms with E-state index in [1.165, 1.54) is 13.5 Å². The molecular formula is C36H48N4O4S. The molecule has 4 aromatic rings. The van der Waals surface area contributed by atoms with Gasteiger partial charge in [0.15, 0.2) is 11.0 Å². The molecule has 4 aromatic carbocycles. The number of carboxylic acid groups (broad SMARTS) is 1. The lowest BCUT2D eigenvalue weighted by atomic mass is 10.1. The second-order valence-corrected chi connectivity index (χ2v) is 11.9. The summed E-state index contributed by atoms with van der Waals surface area (Å²) in [4.78, 5) is 19.0. The normalized spacial score (nSPS) is 13.5. The van der Waals surface area contributed by atoms with Crippen molar-refractivity contribution in [2.24, 2.45) is 0 Å². The minimum atomic E-state index is -1.41. The molecule has 242 valence electrons. The van der Waals surface area contributed by atoms with E-state index < -0.39 is 17.0 Å². The highest BCUT2D eigenvalue weighted by Crippen LogP contribution is 2.30. The van der Waals surface area contributed by atoms with Gasteiger partial charge in [0.05, 0.1) is 12.0 Å². The minimum Gasteiger partial charge on any atom is -0.496 e. The Morgan fingerprint density at radius 2 is 1.53 bits per heavy atom. The third-order valence-corrected chi connectivity index (χ3v) is 8.43. The Hall–Kier alpha value is -4.08. The monoisotopic (exact) mass is 632 g/mol. The van der Waals surface area contributed by atoms with Gasteiger partial charge < -0.3 is 24.4 Å². The lowest BCUT2D eigenvalue weighted by Gasteiger charge is -2.36. The van der Waals surface area contributed by atoms with Crippen LogP contribution in [0.3, 0.4) is 0 Å². The van der Waals surface area contributed by atoms with Crippen LogP contribution >= 0.6 is 0 Å². The van der Waals surface area contributed by atoms with Gasteiger partial charge in [0.2, 0.25) is 0 Å². The second-order valence-electron chi connectivity index (χ2n) is 10.8. The number of aromatic carboxylic acids is 1. The summed E-state index contributed by atoms with van der Waals surface area (Å²) in [5.41, 5.74) is 4.16. The highest BCUT2D eigenvalue weighted by molar-refractivity contribution is 7.86. The summed E-state index contributed by atoms with van der Waals surface area (Å²) in [6.07, 6.45) is 1.25. The van der Waals surface area contributed by atoms with Crippen LogP contribution in [0, 0.1) is 0 Å². The van der Waals surface area contributed by atoms with Gasteiger partial charge in [-0.3, -0.25) is 4.90 Å². The molecule has 0 aliphatic carbocycles. The molecule has 8 nitrogen and oxygen atoms in total. The van der Waals surface area contributed by atoms with E-state index in [9.17, 15) is 14.1 Å². The summed E-state index contributed by atoms with van der Waals surface area (Å²) in [6, 6.07) is 25.4. The number of methoxy groups -OCH3 is 1. The number of nitrogens with zero attached hydrogens (tertiary/aromatic N) is 3. The van der Waals surface area contributed by atoms with Gasteiger partial charge in [0.25, 0.3) is 0 Å². The largest absolute Gasteiger partial charge is 0.496 e. The second kappa shape index (κ2) is 17.4. The topological polar surface area (TPSA) is 85.4 Å². The maximum absolute atomic E-state index is 13.3. The van der Waals surface area contributed by atoms with Crippen molar-refractivity contribution in [1.82, 2.24) is 4.90 Å². The quantitative estimate of drug-likeness (QED) is 0.198. The third kappa shape index (κ3) is 9.22. The lowest BCUT2D eigenvalue weighted by molar-refractivity contribution is 0.0693. The summed E-state index contributed by atoms with van der Waals surface area (Å²) >= 11 is 0. The van der Waals surface area contributed by atoms with Crippen molar-refractivity contribution in [2.75, 3.05) is 61.9 Å². The molecule has 0 spiro atoms. The molecule has 1 heterocycles. The number of anilines is 3. The SMILES string of the molecule is CC.CCC.COc1ccc(CN2CCN(c3ccc(NS(=O)c4cccc5c(N(C)C)cccc45)cc3)CC2)cc1C(=O)O. The Bertz CT molecular complexity index is 1550. The first kappa shape index (κ1) is 35.4. The van der Waals surface area contributed by atoms with Gasteiger partial charge in [-0.1, -0.05) is 64.4 Å². The standard InChI is InChI=1S/C31H34N4O4S.C3H8.C2H6/c1-33(2)28-8-4-7-26-25(28)6-5-9-30(26)40(38)32-23-11-13-24(14-12-23)35-18-16-34(17-19-35)21-22-10-15-29(39-3)27(20-22)31(36)37;1-3-2;1-2/h4-15,20,32H,16-19,21H2,1-3H3,(H,36,37);3H2,1-2H3;1-2H3. The van der Waals surface area contributed by atoms with E-state index in [4.69, 9.17) is 4.74 Å². The van der Waals surface area contributed by atoms with Crippen LogP contribution in [0.2, 0.25) is 0 Å². The molecule has 2 N–H and O–H groups in total. The number of hydrogen-bond acceptors (Lipinski definition) is 6. The smallest absolute Gasteiger partial charge is 0.339 e. The molecule has 0 bridgehead atoms. The number of ether oxygens (including phenoxy) is 1. The van der Waals surface area contributed by atoms with Crippen LogP contribution in [0.25, 0.3) is 10.8 Å². The Balaban J connectivity index is 0.00000104. The van der Waals surface area contributed by atoms with Gasteiger partial charge in [-0.25, -0.2) is 9.00 Å². The first-order valence-corrected chi connectivity index (χ1v) is 16.8. The summed E-state index contributed by atoms with van der Waals surface area (Å²) in [5, 5.41) is 11.5. The number of carbonyl (C=O) groups is 1. The average Bonchev–Trinajstić information content (AvgIpc) is 3.06. The molecule has 1 saturated heterocycles. The van der Waals surface area contributed by atoms with Crippen molar-refractivity contribution in [1.29, 1.82) is 0 Å². The zero-order valence-electron chi connectivity index (χ0n) is 27.7. The van der Waals surface area contributed by atoms with Crippen LogP contribution in [0.4, 0.5) is 17.1 Å². The van der Waals surface area contributed by atoms with Crippen LogP contribution in [-0.4, -0.2) is 67.6 Å². The van der Waals surface area contributed by atoms with Gasteiger partial charge in [-0.15, -0.1) is 0 Å². The highest BCUT2D eigenvalue weighted by atomic mass is 32.2. The van der Waals surface area contributed by atoms with E-state index in [2.05, 4.69) is 57.5 Å². The van der Waals surface area contributed by atoms with E-state index in [0.29, 0.717) is 12.3 Å². The van der Waals surface area contributed by atoms with Gasteiger partial charge in [0, 0.05) is 74.7 Å². The Labute approximate surface area is 271 Å². The van der Waals surface area contributed by atoms with Crippen molar-refractivity contribution in [2.45, 2.75) is 45.6 Å². The summed E-state index contributed by atoms with van der Waals surface area (Å²) < 4.78 is 21.6. The van der Waals surface area contributed by atoms with Crippen molar-refractivity contribution >= 4 is 44.8 Å². The lowest BCUT2D eigenvalue weighted by Crippen LogP contribution is -2.45. The van der Waals surface area contributed by atoms with Crippen molar-refractivity contribution < 1.29 is 18.8 Å². The number of rotatable bonds is 9. The predicted molar refractivity (Wildman–Crippen MR) is 190 cm³/mol. The van der Waals surface area contributed by atoms with E-state index in [1.54, 1.807) is 12.1 Å². The zero-order valence-corrected chi connectivity index (χ0v) is 28.5. The average molecular weight is 633 g/mol. The van der Waals surface area contributed by atoms with Crippen LogP contribution in [0.1, 0.15) is 50.0 Å². The van der Waals surface area contributed by atoms with Gasteiger partial charge in [-0.2, -0.15) is 0 Å². The molecule has 1 fully saturated rings. The van der Waals surface area contributed by atoms with Gasteiger partial charge in [-0.05, 0) is 54.1 Å². The molecule has 1 unspecified atom stereocenters. The maximum Gasteiger partial charge on any atom is 0.339 e. The molecular weight excluding hydrogens is 584 g/mol. The van der Waals surface area contributed by atoms with E-state index in [1.807, 2.05) is 70.4 Å². The molecule has 0 radical (unpaired) electrons. The fourth-order valence-corrected chi connectivity index (χ4v) is 6.20. The van der Waals surface area contributed by atoms with Crippen LogP contribution in [0.5, 0.6) is 5.75 Å². The molecule has 0 aromatic heterocycles. The molecule has 0 amide bonds. The summed E-state index contributed by atoms with van der Waals surface area (Å²) in [5.74, 6) is -0.612. The number of nitrogens with one attached hydrogen (secondary N) is 1. The Morgan fingerprint density at radius 1 is 0.911 bits per heavy atom. The van der Waals surface area contributed by atoms with E-state index >= 15 is 0 Å².